The maximum atomic E-state index is 13.1. The molecule has 0 aliphatic rings. The van der Waals surface area contributed by atoms with Gasteiger partial charge in [0.2, 0.25) is 5.91 Å². The van der Waals surface area contributed by atoms with Crippen LogP contribution in [-0.4, -0.2) is 20.7 Å². The van der Waals surface area contributed by atoms with Gasteiger partial charge in [0.25, 0.3) is 0 Å². The minimum atomic E-state index is -0.348. The first-order chi connectivity index (χ1) is 10.5. The van der Waals surface area contributed by atoms with Crippen molar-refractivity contribution in [1.29, 1.82) is 0 Å². The minimum absolute atomic E-state index is 0.113. The lowest BCUT2D eigenvalue weighted by Gasteiger charge is -2.05. The largest absolute Gasteiger partial charge is 0.324 e. The minimum Gasteiger partial charge on any atom is -0.324 e. The van der Waals surface area contributed by atoms with E-state index in [1.807, 2.05) is 20.0 Å². The molecule has 0 saturated heterocycles. The Balaban J connectivity index is 1.78. The fourth-order valence-corrected chi connectivity index (χ4v) is 2.41. The zero-order chi connectivity index (χ0) is 15.7. The number of hydrogen-bond acceptors (Lipinski definition) is 3. The fourth-order valence-electron chi connectivity index (χ4n) is 2.41. The van der Waals surface area contributed by atoms with Gasteiger partial charge >= 0.3 is 0 Å². The fraction of sp³-hybridized carbons (Fsp3) is 0.188. The predicted molar refractivity (Wildman–Crippen MR) is 82.0 cm³/mol. The van der Waals surface area contributed by atoms with Gasteiger partial charge in [-0.1, -0.05) is 12.1 Å². The standard InChI is InChI=1S/C16H15FN4O/c1-10-14-8-13(9-18-16(14)21(2)20-10)19-15(22)7-11-4-3-5-12(17)6-11/h3-6,8-9H,7H2,1-2H3,(H,19,22). The van der Waals surface area contributed by atoms with Crippen molar-refractivity contribution in [2.75, 3.05) is 5.32 Å². The molecule has 0 bridgehead atoms. The Morgan fingerprint density at radius 1 is 1.36 bits per heavy atom. The number of halogens is 1. The van der Waals surface area contributed by atoms with E-state index in [0.29, 0.717) is 11.3 Å². The number of aromatic nitrogens is 3. The van der Waals surface area contributed by atoms with Crippen LogP contribution in [-0.2, 0) is 18.3 Å². The topological polar surface area (TPSA) is 59.8 Å². The van der Waals surface area contributed by atoms with E-state index in [-0.39, 0.29) is 18.1 Å². The summed E-state index contributed by atoms with van der Waals surface area (Å²) < 4.78 is 14.8. The van der Waals surface area contributed by atoms with E-state index in [0.717, 1.165) is 16.7 Å². The third-order valence-electron chi connectivity index (χ3n) is 3.40. The van der Waals surface area contributed by atoms with Gasteiger partial charge in [0.15, 0.2) is 5.65 Å². The Morgan fingerprint density at radius 3 is 2.95 bits per heavy atom. The number of carbonyl (C=O) groups is 1. The van der Waals surface area contributed by atoms with E-state index in [4.69, 9.17) is 0 Å². The first-order valence-corrected chi connectivity index (χ1v) is 6.86. The van der Waals surface area contributed by atoms with Crippen LogP contribution in [0.25, 0.3) is 11.0 Å². The third-order valence-corrected chi connectivity index (χ3v) is 3.40. The average Bonchev–Trinajstić information content (AvgIpc) is 2.73. The van der Waals surface area contributed by atoms with Gasteiger partial charge in [0.05, 0.1) is 24.0 Å². The molecule has 3 aromatic rings. The zero-order valence-corrected chi connectivity index (χ0v) is 12.3. The molecule has 6 heteroatoms. The molecule has 2 heterocycles. The van der Waals surface area contributed by atoms with Crippen molar-refractivity contribution in [1.82, 2.24) is 14.8 Å². The molecular weight excluding hydrogens is 283 g/mol. The number of anilines is 1. The van der Waals surface area contributed by atoms with Crippen LogP contribution in [0.1, 0.15) is 11.3 Å². The lowest BCUT2D eigenvalue weighted by Crippen LogP contribution is -2.14. The van der Waals surface area contributed by atoms with Crippen molar-refractivity contribution in [3.63, 3.8) is 0 Å². The summed E-state index contributed by atoms with van der Waals surface area (Å²) in [6, 6.07) is 7.85. The van der Waals surface area contributed by atoms with Crippen LogP contribution in [0.4, 0.5) is 10.1 Å². The Labute approximate surface area is 126 Å². The van der Waals surface area contributed by atoms with Crippen LogP contribution < -0.4 is 5.32 Å². The lowest BCUT2D eigenvalue weighted by molar-refractivity contribution is -0.115. The monoisotopic (exact) mass is 298 g/mol. The first-order valence-electron chi connectivity index (χ1n) is 6.86. The van der Waals surface area contributed by atoms with Crippen LogP contribution in [0.2, 0.25) is 0 Å². The summed E-state index contributed by atoms with van der Waals surface area (Å²) >= 11 is 0. The van der Waals surface area contributed by atoms with Crippen molar-refractivity contribution in [2.45, 2.75) is 13.3 Å². The number of carbonyl (C=O) groups excluding carboxylic acids is 1. The molecule has 0 atom stereocenters. The molecule has 0 fully saturated rings. The van der Waals surface area contributed by atoms with Crippen LogP contribution >= 0.6 is 0 Å². The molecule has 0 radical (unpaired) electrons. The quantitative estimate of drug-likeness (QED) is 0.808. The molecule has 0 aliphatic carbocycles. The molecule has 22 heavy (non-hydrogen) atoms. The van der Waals surface area contributed by atoms with Gasteiger partial charge < -0.3 is 5.32 Å². The SMILES string of the molecule is Cc1nn(C)c2ncc(NC(=O)Cc3cccc(F)c3)cc12. The molecule has 1 amide bonds. The molecule has 3 rings (SSSR count). The molecule has 0 unspecified atom stereocenters. The van der Waals surface area contributed by atoms with E-state index in [2.05, 4.69) is 15.4 Å². The maximum Gasteiger partial charge on any atom is 0.228 e. The first kappa shape index (κ1) is 14.2. The Bertz CT molecular complexity index is 856. The van der Waals surface area contributed by atoms with E-state index < -0.39 is 0 Å². The number of amides is 1. The van der Waals surface area contributed by atoms with Crippen molar-refractivity contribution >= 4 is 22.6 Å². The molecule has 0 saturated carbocycles. The predicted octanol–water partition coefficient (Wildman–Crippen LogP) is 2.60. The van der Waals surface area contributed by atoms with Gasteiger partial charge in [0, 0.05) is 12.4 Å². The van der Waals surface area contributed by atoms with Crippen molar-refractivity contribution in [3.05, 3.63) is 53.6 Å². The van der Waals surface area contributed by atoms with E-state index in [1.165, 1.54) is 12.1 Å². The number of rotatable bonds is 3. The van der Waals surface area contributed by atoms with Crippen molar-refractivity contribution in [3.8, 4) is 0 Å². The number of nitrogens with one attached hydrogen (secondary N) is 1. The summed E-state index contributed by atoms with van der Waals surface area (Å²) in [5.74, 6) is -0.562. The smallest absolute Gasteiger partial charge is 0.228 e. The van der Waals surface area contributed by atoms with Crippen LogP contribution in [0.3, 0.4) is 0 Å². The van der Waals surface area contributed by atoms with Crippen LogP contribution in [0.15, 0.2) is 36.5 Å². The number of benzene rings is 1. The zero-order valence-electron chi connectivity index (χ0n) is 12.3. The second-order valence-electron chi connectivity index (χ2n) is 5.16. The molecule has 1 aromatic carbocycles. The summed E-state index contributed by atoms with van der Waals surface area (Å²) in [7, 11) is 1.82. The molecule has 112 valence electrons. The summed E-state index contributed by atoms with van der Waals surface area (Å²) in [5, 5.41) is 7.96. The number of aryl methyl sites for hydroxylation is 2. The summed E-state index contributed by atoms with van der Waals surface area (Å²) in [6.07, 6.45) is 1.70. The lowest BCUT2D eigenvalue weighted by atomic mass is 10.1. The Hall–Kier alpha value is -2.76. The van der Waals surface area contributed by atoms with Crippen molar-refractivity contribution in [2.24, 2.45) is 7.05 Å². The van der Waals surface area contributed by atoms with Gasteiger partial charge in [-0.05, 0) is 30.7 Å². The normalized spacial score (nSPS) is 10.9. The van der Waals surface area contributed by atoms with E-state index >= 15 is 0 Å². The van der Waals surface area contributed by atoms with Gasteiger partial charge in [0.1, 0.15) is 5.82 Å². The van der Waals surface area contributed by atoms with Gasteiger partial charge in [-0.2, -0.15) is 5.10 Å². The van der Waals surface area contributed by atoms with E-state index in [9.17, 15) is 9.18 Å². The molecular formula is C16H15FN4O. The highest BCUT2D eigenvalue weighted by Gasteiger charge is 2.09. The highest BCUT2D eigenvalue weighted by molar-refractivity contribution is 5.94. The third kappa shape index (κ3) is 2.81. The Kier molecular flexibility index (Phi) is 3.58. The molecule has 0 aliphatic heterocycles. The Morgan fingerprint density at radius 2 is 2.18 bits per heavy atom. The van der Waals surface area contributed by atoms with Gasteiger partial charge in [-0.15, -0.1) is 0 Å². The number of hydrogen-bond donors (Lipinski definition) is 1. The van der Waals surface area contributed by atoms with Crippen LogP contribution in [0, 0.1) is 12.7 Å². The second-order valence-corrected chi connectivity index (χ2v) is 5.16. The number of fused-ring (bicyclic) bond motifs is 1. The van der Waals surface area contributed by atoms with Gasteiger partial charge in [-0.3, -0.25) is 9.48 Å². The highest BCUT2D eigenvalue weighted by atomic mass is 19.1. The maximum absolute atomic E-state index is 13.1. The highest BCUT2D eigenvalue weighted by Crippen LogP contribution is 2.19. The van der Waals surface area contributed by atoms with Crippen molar-refractivity contribution < 1.29 is 9.18 Å². The van der Waals surface area contributed by atoms with Gasteiger partial charge in [-0.25, -0.2) is 9.37 Å². The molecule has 2 aromatic heterocycles. The average molecular weight is 298 g/mol. The van der Waals surface area contributed by atoms with Crippen LogP contribution in [0.5, 0.6) is 0 Å². The number of pyridine rings is 1. The summed E-state index contributed by atoms with van der Waals surface area (Å²) in [4.78, 5) is 16.3. The second kappa shape index (κ2) is 5.55. The molecule has 0 spiro atoms. The summed E-state index contributed by atoms with van der Waals surface area (Å²) in [5.41, 5.74) is 2.85. The molecule has 5 nitrogen and oxygen atoms in total. The van der Waals surface area contributed by atoms with E-state index in [1.54, 1.807) is 23.0 Å². The number of nitrogens with zero attached hydrogens (tertiary/aromatic N) is 3. The molecule has 1 N–H and O–H groups in total. The summed E-state index contributed by atoms with van der Waals surface area (Å²) in [6.45, 7) is 1.89.